The van der Waals surface area contributed by atoms with E-state index >= 15 is 0 Å². The van der Waals surface area contributed by atoms with Gasteiger partial charge >= 0.3 is 0 Å². The standard InChI is InChI=1S/C16H18BrNS/c1-2-12-7-8-13(19-12)9-16(10-18-11-16)14-5-3-4-6-15(14)17/h3-8,18H,2,9-11H2,1H3. The van der Waals surface area contributed by atoms with Crippen LogP contribution < -0.4 is 5.32 Å². The number of halogens is 1. The van der Waals surface area contributed by atoms with E-state index in [0.717, 1.165) is 25.9 Å². The zero-order valence-electron chi connectivity index (χ0n) is 11.1. The monoisotopic (exact) mass is 335 g/mol. The molecule has 1 aliphatic heterocycles. The van der Waals surface area contributed by atoms with Crippen LogP contribution in [0.3, 0.4) is 0 Å². The molecule has 2 heterocycles. The van der Waals surface area contributed by atoms with Crippen LogP contribution >= 0.6 is 27.3 Å². The molecular weight excluding hydrogens is 318 g/mol. The molecule has 3 heteroatoms. The van der Waals surface area contributed by atoms with Gasteiger partial charge in [0, 0.05) is 32.7 Å². The van der Waals surface area contributed by atoms with Crippen molar-refractivity contribution in [3.8, 4) is 0 Å². The largest absolute Gasteiger partial charge is 0.315 e. The zero-order valence-corrected chi connectivity index (χ0v) is 13.5. The third-order valence-corrected chi connectivity index (χ3v) is 5.87. The van der Waals surface area contributed by atoms with Crippen molar-refractivity contribution in [1.29, 1.82) is 0 Å². The summed E-state index contributed by atoms with van der Waals surface area (Å²) in [6, 6.07) is 13.2. The van der Waals surface area contributed by atoms with Crippen molar-refractivity contribution in [1.82, 2.24) is 5.32 Å². The molecule has 0 saturated carbocycles. The molecule has 1 aromatic carbocycles. The fraction of sp³-hybridized carbons (Fsp3) is 0.375. The third kappa shape index (κ3) is 2.51. The maximum absolute atomic E-state index is 3.71. The molecule has 2 aromatic rings. The van der Waals surface area contributed by atoms with Crippen molar-refractivity contribution in [2.45, 2.75) is 25.2 Å². The van der Waals surface area contributed by atoms with Gasteiger partial charge in [0.2, 0.25) is 0 Å². The lowest BCUT2D eigenvalue weighted by atomic mass is 9.72. The Hall–Kier alpha value is -0.640. The Morgan fingerprint density at radius 2 is 1.89 bits per heavy atom. The number of rotatable bonds is 4. The van der Waals surface area contributed by atoms with Gasteiger partial charge in [-0.2, -0.15) is 0 Å². The average Bonchev–Trinajstić information content (AvgIpc) is 2.82. The number of thiophene rings is 1. The summed E-state index contributed by atoms with van der Waals surface area (Å²) in [6.07, 6.45) is 2.29. The topological polar surface area (TPSA) is 12.0 Å². The summed E-state index contributed by atoms with van der Waals surface area (Å²) < 4.78 is 1.24. The molecule has 0 spiro atoms. The van der Waals surface area contributed by atoms with E-state index in [0.29, 0.717) is 0 Å². The molecule has 19 heavy (non-hydrogen) atoms. The fourth-order valence-electron chi connectivity index (χ4n) is 2.77. The van der Waals surface area contributed by atoms with Crippen LogP contribution in [-0.2, 0) is 18.3 Å². The van der Waals surface area contributed by atoms with Crippen molar-refractivity contribution in [2.24, 2.45) is 0 Å². The van der Waals surface area contributed by atoms with Gasteiger partial charge in [-0.05, 0) is 36.6 Å². The molecule has 0 atom stereocenters. The summed E-state index contributed by atoms with van der Waals surface area (Å²) in [5, 5.41) is 3.45. The van der Waals surface area contributed by atoms with Crippen LogP contribution in [0.4, 0.5) is 0 Å². The summed E-state index contributed by atoms with van der Waals surface area (Å²) in [7, 11) is 0. The van der Waals surface area contributed by atoms with Crippen molar-refractivity contribution in [3.63, 3.8) is 0 Å². The predicted molar refractivity (Wildman–Crippen MR) is 86.1 cm³/mol. The maximum Gasteiger partial charge on any atom is 0.0261 e. The Kier molecular flexibility index (Phi) is 3.79. The van der Waals surface area contributed by atoms with Crippen LogP contribution in [0.2, 0.25) is 0 Å². The quantitative estimate of drug-likeness (QED) is 0.884. The molecule has 1 fully saturated rings. The highest BCUT2D eigenvalue weighted by atomic mass is 79.9. The minimum absolute atomic E-state index is 0.274. The molecule has 100 valence electrons. The third-order valence-electron chi connectivity index (χ3n) is 3.95. The van der Waals surface area contributed by atoms with E-state index in [4.69, 9.17) is 0 Å². The first-order valence-electron chi connectivity index (χ1n) is 6.77. The van der Waals surface area contributed by atoms with Gasteiger partial charge in [-0.3, -0.25) is 0 Å². The highest BCUT2D eigenvalue weighted by Crippen LogP contribution is 2.38. The van der Waals surface area contributed by atoms with E-state index in [9.17, 15) is 0 Å². The van der Waals surface area contributed by atoms with Gasteiger partial charge in [-0.1, -0.05) is 41.1 Å². The molecule has 0 unspecified atom stereocenters. The summed E-state index contributed by atoms with van der Waals surface area (Å²) >= 11 is 5.68. The predicted octanol–water partition coefficient (Wildman–Crippen LogP) is 4.16. The molecule has 1 nitrogen and oxygen atoms in total. The van der Waals surface area contributed by atoms with Gasteiger partial charge < -0.3 is 5.32 Å². The number of aryl methyl sites for hydroxylation is 1. The molecule has 1 N–H and O–H groups in total. The second kappa shape index (κ2) is 5.39. The van der Waals surface area contributed by atoms with Crippen molar-refractivity contribution in [2.75, 3.05) is 13.1 Å². The van der Waals surface area contributed by atoms with Gasteiger partial charge in [0.1, 0.15) is 0 Å². The Labute approximate surface area is 127 Å². The number of hydrogen-bond donors (Lipinski definition) is 1. The summed E-state index contributed by atoms with van der Waals surface area (Å²) in [6.45, 7) is 4.38. The van der Waals surface area contributed by atoms with Gasteiger partial charge in [-0.25, -0.2) is 0 Å². The number of benzene rings is 1. The lowest BCUT2D eigenvalue weighted by Crippen LogP contribution is -2.58. The maximum atomic E-state index is 3.71. The summed E-state index contributed by atoms with van der Waals surface area (Å²) in [4.78, 5) is 3.00. The SMILES string of the molecule is CCc1ccc(CC2(c3ccccc3Br)CNC2)s1. The van der Waals surface area contributed by atoms with Crippen LogP contribution in [0.25, 0.3) is 0 Å². The Morgan fingerprint density at radius 1 is 1.16 bits per heavy atom. The molecule has 1 aromatic heterocycles. The lowest BCUT2D eigenvalue weighted by molar-refractivity contribution is 0.275. The second-order valence-electron chi connectivity index (χ2n) is 5.26. The van der Waals surface area contributed by atoms with E-state index in [1.165, 1.54) is 19.8 Å². The van der Waals surface area contributed by atoms with Crippen molar-refractivity contribution >= 4 is 27.3 Å². The number of nitrogens with one attached hydrogen (secondary N) is 1. The highest BCUT2D eigenvalue weighted by Gasteiger charge is 2.40. The van der Waals surface area contributed by atoms with E-state index in [1.54, 1.807) is 0 Å². The molecule has 1 saturated heterocycles. The average molecular weight is 336 g/mol. The Bertz CT molecular complexity index is 572. The second-order valence-corrected chi connectivity index (χ2v) is 7.37. The Morgan fingerprint density at radius 3 is 2.47 bits per heavy atom. The molecule has 0 amide bonds. The minimum atomic E-state index is 0.274. The van der Waals surface area contributed by atoms with Gasteiger partial charge in [0.05, 0.1) is 0 Å². The van der Waals surface area contributed by atoms with Crippen LogP contribution in [-0.4, -0.2) is 13.1 Å². The zero-order chi connectivity index (χ0) is 13.3. The molecule has 0 bridgehead atoms. The van der Waals surface area contributed by atoms with Crippen molar-refractivity contribution in [3.05, 3.63) is 56.2 Å². The van der Waals surface area contributed by atoms with Crippen LogP contribution in [0.5, 0.6) is 0 Å². The number of hydrogen-bond acceptors (Lipinski definition) is 2. The van der Waals surface area contributed by atoms with Gasteiger partial charge in [0.25, 0.3) is 0 Å². The molecule has 0 aliphatic carbocycles. The molecular formula is C16H18BrNS. The van der Waals surface area contributed by atoms with E-state index in [2.05, 4.69) is 64.6 Å². The summed E-state index contributed by atoms with van der Waals surface area (Å²) in [5.74, 6) is 0. The van der Waals surface area contributed by atoms with Gasteiger partial charge in [-0.15, -0.1) is 11.3 Å². The first kappa shape index (κ1) is 13.3. The highest BCUT2D eigenvalue weighted by molar-refractivity contribution is 9.10. The van der Waals surface area contributed by atoms with Crippen LogP contribution in [0, 0.1) is 0 Å². The molecule has 1 aliphatic rings. The normalized spacial score (nSPS) is 17.2. The summed E-state index contributed by atoms with van der Waals surface area (Å²) in [5.41, 5.74) is 1.72. The minimum Gasteiger partial charge on any atom is -0.315 e. The van der Waals surface area contributed by atoms with Gasteiger partial charge in [0.15, 0.2) is 0 Å². The Balaban J connectivity index is 1.89. The molecule has 3 rings (SSSR count). The lowest BCUT2D eigenvalue weighted by Gasteiger charge is -2.43. The van der Waals surface area contributed by atoms with Crippen LogP contribution in [0.1, 0.15) is 22.2 Å². The van der Waals surface area contributed by atoms with E-state index in [1.807, 2.05) is 11.3 Å². The first-order chi connectivity index (χ1) is 9.23. The van der Waals surface area contributed by atoms with E-state index in [-0.39, 0.29) is 5.41 Å². The van der Waals surface area contributed by atoms with E-state index < -0.39 is 0 Å². The first-order valence-corrected chi connectivity index (χ1v) is 8.38. The fourth-order valence-corrected chi connectivity index (χ4v) is 4.58. The smallest absolute Gasteiger partial charge is 0.0261 e. The molecule has 0 radical (unpaired) electrons. The van der Waals surface area contributed by atoms with Crippen molar-refractivity contribution < 1.29 is 0 Å². The van der Waals surface area contributed by atoms with Crippen LogP contribution in [0.15, 0.2) is 40.9 Å².